The molecule has 98 valence electrons. The highest BCUT2D eigenvalue weighted by Crippen LogP contribution is 2.34. The van der Waals surface area contributed by atoms with E-state index in [9.17, 15) is 0 Å². The average molecular weight is 265 g/mol. The number of fused-ring (bicyclic) bond motifs is 1. The van der Waals surface area contributed by atoms with E-state index in [1.54, 1.807) is 12.1 Å². The summed E-state index contributed by atoms with van der Waals surface area (Å²) in [5.41, 5.74) is 2.31. The summed E-state index contributed by atoms with van der Waals surface area (Å²) in [4.78, 5) is 0. The van der Waals surface area contributed by atoms with E-state index in [4.69, 9.17) is 14.7 Å². The number of hydrogen-bond donors (Lipinski definition) is 1. The van der Waals surface area contributed by atoms with Crippen LogP contribution in [0.5, 0.6) is 11.5 Å². The Balaban J connectivity index is 2.02. The van der Waals surface area contributed by atoms with E-state index in [0.29, 0.717) is 17.1 Å². The molecule has 0 aromatic heterocycles. The number of nitrogens with zero attached hydrogens (tertiary/aromatic N) is 1. The maximum absolute atomic E-state index is 8.73. The number of hydrogen-bond acceptors (Lipinski definition) is 4. The van der Waals surface area contributed by atoms with Gasteiger partial charge in [0.1, 0.15) is 0 Å². The Hall–Kier alpha value is -2.93. The van der Waals surface area contributed by atoms with Crippen molar-refractivity contribution < 1.29 is 14.7 Å². The fourth-order valence-corrected chi connectivity index (χ4v) is 1.90. The van der Waals surface area contributed by atoms with Gasteiger partial charge in [-0.3, -0.25) is 0 Å². The number of ether oxygens (including phenoxy) is 2. The molecule has 20 heavy (non-hydrogen) atoms. The van der Waals surface area contributed by atoms with Crippen LogP contribution in [-0.2, 0) is 0 Å². The second-order valence-electron chi connectivity index (χ2n) is 4.15. The molecule has 1 N–H and O–H groups in total. The highest BCUT2D eigenvalue weighted by Gasteiger charge is 2.15. The quantitative estimate of drug-likeness (QED) is 0.373. The highest BCUT2D eigenvalue weighted by atomic mass is 16.7. The van der Waals surface area contributed by atoms with E-state index in [-0.39, 0.29) is 6.79 Å². The smallest absolute Gasteiger partial charge is 0.231 e. The van der Waals surface area contributed by atoms with Crippen molar-refractivity contribution in [2.24, 2.45) is 5.16 Å². The van der Waals surface area contributed by atoms with Crippen molar-refractivity contribution in [3.63, 3.8) is 0 Å². The first-order valence-corrected chi connectivity index (χ1v) is 6.05. The summed E-state index contributed by atoms with van der Waals surface area (Å²) in [6.07, 6.45) is 1.33. The molecule has 0 unspecified atom stereocenters. The van der Waals surface area contributed by atoms with Crippen LogP contribution < -0.4 is 9.47 Å². The summed E-state index contributed by atoms with van der Waals surface area (Å²) < 4.78 is 10.6. The van der Waals surface area contributed by atoms with Crippen molar-refractivity contribution in [2.45, 2.75) is 0 Å². The lowest BCUT2D eigenvalue weighted by Gasteiger charge is -2.01. The van der Waals surface area contributed by atoms with Gasteiger partial charge < -0.3 is 14.7 Å². The van der Waals surface area contributed by atoms with Crippen molar-refractivity contribution >= 4 is 6.21 Å². The van der Waals surface area contributed by atoms with Crippen molar-refractivity contribution in [3.05, 3.63) is 59.2 Å². The highest BCUT2D eigenvalue weighted by molar-refractivity contribution is 5.85. The predicted octanol–water partition coefficient (Wildman–Crippen LogP) is 2.62. The first-order chi connectivity index (χ1) is 9.86. The van der Waals surface area contributed by atoms with Crippen LogP contribution in [-0.4, -0.2) is 18.2 Å². The molecule has 0 radical (unpaired) electrons. The van der Waals surface area contributed by atoms with Gasteiger partial charge in [0.2, 0.25) is 6.79 Å². The molecule has 1 heterocycles. The van der Waals surface area contributed by atoms with E-state index < -0.39 is 0 Å². The minimum Gasteiger partial charge on any atom is -0.454 e. The number of rotatable bonds is 1. The van der Waals surface area contributed by atoms with E-state index in [2.05, 4.69) is 17.0 Å². The largest absolute Gasteiger partial charge is 0.454 e. The van der Waals surface area contributed by atoms with Crippen molar-refractivity contribution in [1.29, 1.82) is 0 Å². The second kappa shape index (κ2) is 5.37. The zero-order chi connectivity index (χ0) is 13.8. The minimum absolute atomic E-state index is 0.195. The molecule has 0 fully saturated rings. The molecule has 2 aromatic rings. The van der Waals surface area contributed by atoms with Gasteiger partial charge in [-0.05, 0) is 18.2 Å². The molecule has 3 rings (SSSR count). The first-order valence-electron chi connectivity index (χ1n) is 6.05. The molecule has 4 nitrogen and oxygen atoms in total. The van der Waals surface area contributed by atoms with Crippen LogP contribution in [0.4, 0.5) is 0 Å². The second-order valence-corrected chi connectivity index (χ2v) is 4.15. The molecule has 1 aliphatic heterocycles. The lowest BCUT2D eigenvalue weighted by molar-refractivity contribution is 0.174. The lowest BCUT2D eigenvalue weighted by Crippen LogP contribution is -1.92. The molecular formula is C16H11NO3. The maximum Gasteiger partial charge on any atom is 0.231 e. The molecule has 0 saturated heterocycles. The van der Waals surface area contributed by atoms with Crippen molar-refractivity contribution in [2.75, 3.05) is 6.79 Å². The minimum atomic E-state index is 0.195. The molecule has 0 aliphatic carbocycles. The molecule has 0 atom stereocenters. The Morgan fingerprint density at radius 2 is 1.80 bits per heavy atom. The maximum atomic E-state index is 8.73. The van der Waals surface area contributed by atoms with Crippen LogP contribution >= 0.6 is 0 Å². The van der Waals surface area contributed by atoms with Crippen molar-refractivity contribution in [3.8, 4) is 23.3 Å². The Bertz CT molecular complexity index is 712. The molecule has 1 aliphatic rings. The van der Waals surface area contributed by atoms with Gasteiger partial charge in [0, 0.05) is 22.8 Å². The fraction of sp³-hybridized carbons (Fsp3) is 0.0625. The summed E-state index contributed by atoms with van der Waals surface area (Å²) in [5, 5.41) is 11.8. The number of oxime groups is 1. The van der Waals surface area contributed by atoms with Gasteiger partial charge in [0.05, 0.1) is 6.21 Å². The SMILES string of the molecule is O/N=C/c1cc2c(cc1C#Cc1ccccc1)OCO2. The molecule has 2 aromatic carbocycles. The molecule has 4 heteroatoms. The van der Waals surface area contributed by atoms with E-state index >= 15 is 0 Å². The molecule has 0 amide bonds. The van der Waals surface area contributed by atoms with Crippen molar-refractivity contribution in [1.82, 2.24) is 0 Å². The van der Waals surface area contributed by atoms with E-state index in [1.165, 1.54) is 6.21 Å². The Kier molecular flexibility index (Phi) is 3.25. The van der Waals surface area contributed by atoms with Crippen LogP contribution in [0.3, 0.4) is 0 Å². The number of benzene rings is 2. The summed E-state index contributed by atoms with van der Waals surface area (Å²) in [6.45, 7) is 0.195. The van der Waals surface area contributed by atoms with Crippen LogP contribution in [0.15, 0.2) is 47.6 Å². The zero-order valence-electron chi connectivity index (χ0n) is 10.5. The Morgan fingerprint density at radius 3 is 2.55 bits per heavy atom. The Morgan fingerprint density at radius 1 is 1.05 bits per heavy atom. The molecule has 0 bridgehead atoms. The van der Waals surface area contributed by atoms with Gasteiger partial charge in [0.25, 0.3) is 0 Å². The van der Waals surface area contributed by atoms with Gasteiger partial charge in [-0.15, -0.1) is 0 Å². The van der Waals surface area contributed by atoms with Crippen LogP contribution in [0.1, 0.15) is 16.7 Å². The van der Waals surface area contributed by atoms with Gasteiger partial charge in [-0.25, -0.2) is 0 Å². The van der Waals surface area contributed by atoms with E-state index in [0.717, 1.165) is 11.1 Å². The fourth-order valence-electron chi connectivity index (χ4n) is 1.90. The predicted molar refractivity (Wildman–Crippen MR) is 74.4 cm³/mol. The monoisotopic (exact) mass is 265 g/mol. The van der Waals surface area contributed by atoms with Gasteiger partial charge in [0.15, 0.2) is 11.5 Å². The molecule has 0 spiro atoms. The topological polar surface area (TPSA) is 51.1 Å². The summed E-state index contributed by atoms with van der Waals surface area (Å²) >= 11 is 0. The molecule has 0 saturated carbocycles. The molecular weight excluding hydrogens is 254 g/mol. The standard InChI is InChI=1S/C16H11NO3/c18-17-10-14-9-16-15(19-11-20-16)8-13(14)7-6-12-4-2-1-3-5-12/h1-5,8-10,18H,11H2/b17-10+. The summed E-state index contributed by atoms with van der Waals surface area (Å²) in [5.74, 6) is 7.40. The normalized spacial score (nSPS) is 12.2. The van der Waals surface area contributed by atoms with Crippen LogP contribution in [0.25, 0.3) is 0 Å². The third-order valence-corrected chi connectivity index (χ3v) is 2.86. The third-order valence-electron chi connectivity index (χ3n) is 2.86. The summed E-state index contributed by atoms with van der Waals surface area (Å²) in [7, 11) is 0. The summed E-state index contributed by atoms with van der Waals surface area (Å²) in [6, 6.07) is 13.2. The van der Waals surface area contributed by atoms with Gasteiger partial charge >= 0.3 is 0 Å². The average Bonchev–Trinajstić information content (AvgIpc) is 2.93. The zero-order valence-corrected chi connectivity index (χ0v) is 10.5. The third kappa shape index (κ3) is 2.43. The van der Waals surface area contributed by atoms with E-state index in [1.807, 2.05) is 30.3 Å². The lowest BCUT2D eigenvalue weighted by atomic mass is 10.1. The van der Waals surface area contributed by atoms with Gasteiger partial charge in [-0.2, -0.15) is 0 Å². The Labute approximate surface area is 116 Å². The first kappa shape index (κ1) is 12.1. The van der Waals surface area contributed by atoms with Gasteiger partial charge in [-0.1, -0.05) is 35.2 Å². The van der Waals surface area contributed by atoms with Crippen LogP contribution in [0.2, 0.25) is 0 Å². The van der Waals surface area contributed by atoms with Crippen LogP contribution in [0, 0.1) is 11.8 Å².